The molecule has 1 unspecified atom stereocenters. The Labute approximate surface area is 128 Å². The Bertz CT molecular complexity index is 654. The third-order valence-corrected chi connectivity index (χ3v) is 4.79. The third kappa shape index (κ3) is 3.94. The summed E-state index contributed by atoms with van der Waals surface area (Å²) >= 11 is 5.99. The summed E-state index contributed by atoms with van der Waals surface area (Å²) in [6.45, 7) is 2.68. The molecule has 1 atom stereocenters. The maximum Gasteiger partial charge on any atom is 0.251 e. The van der Waals surface area contributed by atoms with Crippen molar-refractivity contribution in [3.8, 4) is 0 Å². The number of carbonyl (C=O) groups is 1. The summed E-state index contributed by atoms with van der Waals surface area (Å²) < 4.78 is 28.4. The van der Waals surface area contributed by atoms with Crippen LogP contribution in [0.5, 0.6) is 0 Å². The molecule has 0 aromatic heterocycles. The smallest absolute Gasteiger partial charge is 0.251 e. The van der Waals surface area contributed by atoms with Crippen molar-refractivity contribution in [3.63, 3.8) is 0 Å². The topological polar surface area (TPSA) is 98.5 Å². The lowest BCUT2D eigenvalue weighted by Gasteiger charge is -2.23. The maximum atomic E-state index is 12.2. The molecule has 8 heteroatoms. The van der Waals surface area contributed by atoms with Gasteiger partial charge in [-0.1, -0.05) is 11.6 Å². The molecule has 0 bridgehead atoms. The lowest BCUT2D eigenvalue weighted by molar-refractivity contribution is 0.0624. The van der Waals surface area contributed by atoms with Crippen LogP contribution in [-0.2, 0) is 14.8 Å². The second-order valence-electron chi connectivity index (χ2n) is 5.01. The highest BCUT2D eigenvalue weighted by atomic mass is 35.5. The fourth-order valence-electron chi connectivity index (χ4n) is 2.20. The van der Waals surface area contributed by atoms with Crippen molar-refractivity contribution in [1.82, 2.24) is 5.32 Å². The standard InChI is InChI=1S/C13H17ClN2O4S/c1-8-11(14)5-9(6-12(8)21(15,18)19)13(17)16-10-3-2-4-20-7-10/h5-6,10H,2-4,7H2,1H3,(H,16,17)(H2,15,18,19). The Hall–Kier alpha value is -1.15. The van der Waals surface area contributed by atoms with Crippen LogP contribution >= 0.6 is 11.6 Å². The van der Waals surface area contributed by atoms with Crippen molar-refractivity contribution in [2.75, 3.05) is 13.2 Å². The van der Waals surface area contributed by atoms with E-state index in [9.17, 15) is 13.2 Å². The number of nitrogens with one attached hydrogen (secondary N) is 1. The minimum Gasteiger partial charge on any atom is -0.379 e. The molecule has 116 valence electrons. The summed E-state index contributed by atoms with van der Waals surface area (Å²) in [5.74, 6) is -0.391. The number of hydrogen-bond acceptors (Lipinski definition) is 4. The van der Waals surface area contributed by atoms with E-state index in [0.29, 0.717) is 18.8 Å². The number of rotatable bonds is 3. The van der Waals surface area contributed by atoms with E-state index in [1.807, 2.05) is 0 Å². The molecule has 1 amide bonds. The van der Waals surface area contributed by atoms with E-state index in [1.54, 1.807) is 6.92 Å². The lowest BCUT2D eigenvalue weighted by atomic mass is 10.1. The summed E-state index contributed by atoms with van der Waals surface area (Å²) in [6.07, 6.45) is 1.70. The van der Waals surface area contributed by atoms with Gasteiger partial charge in [0.1, 0.15) is 0 Å². The summed E-state index contributed by atoms with van der Waals surface area (Å²) in [4.78, 5) is 12.1. The first-order chi connectivity index (χ1) is 9.79. The van der Waals surface area contributed by atoms with E-state index < -0.39 is 15.9 Å². The number of halogens is 1. The minimum atomic E-state index is -3.93. The van der Waals surface area contributed by atoms with E-state index in [4.69, 9.17) is 21.5 Å². The van der Waals surface area contributed by atoms with Crippen LogP contribution in [0.2, 0.25) is 5.02 Å². The number of carbonyl (C=O) groups excluding carboxylic acids is 1. The van der Waals surface area contributed by atoms with E-state index in [0.717, 1.165) is 12.8 Å². The monoisotopic (exact) mass is 332 g/mol. The molecule has 1 aromatic rings. The summed E-state index contributed by atoms with van der Waals surface area (Å²) in [7, 11) is -3.93. The predicted octanol–water partition coefficient (Wildman–Crippen LogP) is 1.20. The van der Waals surface area contributed by atoms with Gasteiger partial charge in [-0.2, -0.15) is 0 Å². The zero-order valence-electron chi connectivity index (χ0n) is 11.6. The van der Waals surface area contributed by atoms with Crippen molar-refractivity contribution in [1.29, 1.82) is 0 Å². The average molecular weight is 333 g/mol. The lowest BCUT2D eigenvalue weighted by Crippen LogP contribution is -2.40. The Morgan fingerprint density at radius 3 is 2.76 bits per heavy atom. The predicted molar refractivity (Wildman–Crippen MR) is 78.9 cm³/mol. The third-order valence-electron chi connectivity index (χ3n) is 3.36. The average Bonchev–Trinajstić information content (AvgIpc) is 2.41. The first-order valence-corrected chi connectivity index (χ1v) is 8.43. The highest BCUT2D eigenvalue weighted by molar-refractivity contribution is 7.89. The summed E-state index contributed by atoms with van der Waals surface area (Å²) in [5, 5.41) is 8.13. The van der Waals surface area contributed by atoms with Crippen LogP contribution in [-0.4, -0.2) is 33.6 Å². The van der Waals surface area contributed by atoms with Gasteiger partial charge in [0.25, 0.3) is 5.91 Å². The SMILES string of the molecule is Cc1c(Cl)cc(C(=O)NC2CCCOC2)cc1S(N)(=O)=O. The molecule has 1 aliphatic heterocycles. The van der Waals surface area contributed by atoms with Gasteiger partial charge in [-0.3, -0.25) is 4.79 Å². The molecule has 1 heterocycles. The Morgan fingerprint density at radius 2 is 2.19 bits per heavy atom. The van der Waals surface area contributed by atoms with Crippen molar-refractivity contribution in [2.45, 2.75) is 30.7 Å². The van der Waals surface area contributed by atoms with Crippen LogP contribution in [0.15, 0.2) is 17.0 Å². The maximum absolute atomic E-state index is 12.2. The molecule has 1 aromatic carbocycles. The van der Waals surface area contributed by atoms with Gasteiger partial charge in [0.15, 0.2) is 0 Å². The number of ether oxygens (including phenoxy) is 1. The van der Waals surface area contributed by atoms with Crippen LogP contribution in [0, 0.1) is 6.92 Å². The Kier molecular flexibility index (Phi) is 4.88. The molecule has 6 nitrogen and oxygen atoms in total. The molecule has 3 N–H and O–H groups in total. The zero-order valence-corrected chi connectivity index (χ0v) is 13.1. The van der Waals surface area contributed by atoms with Crippen molar-refractivity contribution in [2.24, 2.45) is 5.14 Å². The van der Waals surface area contributed by atoms with Gasteiger partial charge in [0.05, 0.1) is 17.5 Å². The normalized spacial score (nSPS) is 19.3. The van der Waals surface area contributed by atoms with E-state index >= 15 is 0 Å². The molecular formula is C13H17ClN2O4S. The molecule has 1 saturated heterocycles. The number of sulfonamides is 1. The first kappa shape index (κ1) is 16.2. The molecule has 1 aliphatic rings. The summed E-state index contributed by atoms with van der Waals surface area (Å²) in [5.41, 5.74) is 0.497. The zero-order chi connectivity index (χ0) is 15.6. The Morgan fingerprint density at radius 1 is 1.48 bits per heavy atom. The number of nitrogens with two attached hydrogens (primary N) is 1. The number of hydrogen-bond donors (Lipinski definition) is 2. The fraction of sp³-hybridized carbons (Fsp3) is 0.462. The fourth-order valence-corrected chi connectivity index (χ4v) is 3.31. The van der Waals surface area contributed by atoms with E-state index in [2.05, 4.69) is 5.32 Å². The molecule has 0 radical (unpaired) electrons. The molecule has 0 saturated carbocycles. The van der Waals surface area contributed by atoms with Gasteiger partial charge < -0.3 is 10.1 Å². The highest BCUT2D eigenvalue weighted by Gasteiger charge is 2.21. The van der Waals surface area contributed by atoms with Gasteiger partial charge >= 0.3 is 0 Å². The molecule has 2 rings (SSSR count). The second-order valence-corrected chi connectivity index (χ2v) is 6.95. The molecule has 21 heavy (non-hydrogen) atoms. The van der Waals surface area contributed by atoms with Crippen LogP contribution in [0.25, 0.3) is 0 Å². The first-order valence-electron chi connectivity index (χ1n) is 6.50. The van der Waals surface area contributed by atoms with E-state index in [1.165, 1.54) is 12.1 Å². The molecule has 0 spiro atoms. The van der Waals surface area contributed by atoms with Gasteiger partial charge in [0, 0.05) is 17.2 Å². The largest absolute Gasteiger partial charge is 0.379 e. The van der Waals surface area contributed by atoms with Crippen LogP contribution in [0.4, 0.5) is 0 Å². The van der Waals surface area contributed by atoms with Gasteiger partial charge in [-0.05, 0) is 37.5 Å². The summed E-state index contributed by atoms with van der Waals surface area (Å²) in [6, 6.07) is 2.60. The second kappa shape index (κ2) is 6.31. The number of benzene rings is 1. The molecular weight excluding hydrogens is 316 g/mol. The number of primary sulfonamides is 1. The minimum absolute atomic E-state index is 0.0794. The van der Waals surface area contributed by atoms with Crippen LogP contribution < -0.4 is 10.5 Å². The van der Waals surface area contributed by atoms with E-state index in [-0.39, 0.29) is 21.5 Å². The van der Waals surface area contributed by atoms with Gasteiger partial charge in [-0.15, -0.1) is 0 Å². The van der Waals surface area contributed by atoms with Crippen LogP contribution in [0.1, 0.15) is 28.8 Å². The highest BCUT2D eigenvalue weighted by Crippen LogP contribution is 2.24. The Balaban J connectivity index is 2.27. The quantitative estimate of drug-likeness (QED) is 0.869. The number of amides is 1. The van der Waals surface area contributed by atoms with Crippen molar-refractivity contribution >= 4 is 27.5 Å². The van der Waals surface area contributed by atoms with Gasteiger partial charge in [-0.25, -0.2) is 13.6 Å². The molecule has 1 fully saturated rings. The van der Waals surface area contributed by atoms with Crippen LogP contribution in [0.3, 0.4) is 0 Å². The van der Waals surface area contributed by atoms with Crippen molar-refractivity contribution in [3.05, 3.63) is 28.3 Å². The van der Waals surface area contributed by atoms with Gasteiger partial charge in [0.2, 0.25) is 10.0 Å². The van der Waals surface area contributed by atoms with Crippen molar-refractivity contribution < 1.29 is 17.9 Å². The molecule has 0 aliphatic carbocycles.